The summed E-state index contributed by atoms with van der Waals surface area (Å²) in [7, 11) is 0. The number of piperazine rings is 1. The van der Waals surface area contributed by atoms with Gasteiger partial charge in [0.1, 0.15) is 0 Å². The van der Waals surface area contributed by atoms with Gasteiger partial charge in [-0.3, -0.25) is 14.9 Å². The number of carbonyl (C=O) groups excluding carboxylic acids is 1. The Morgan fingerprint density at radius 1 is 1.15 bits per heavy atom. The minimum absolute atomic E-state index is 0. The van der Waals surface area contributed by atoms with Crippen molar-refractivity contribution in [3.8, 4) is 0 Å². The first-order valence-corrected chi connectivity index (χ1v) is 8.83. The van der Waals surface area contributed by atoms with Gasteiger partial charge >= 0.3 is 0 Å². The molecule has 1 fully saturated rings. The Labute approximate surface area is 160 Å². The Balaban J connectivity index is 0.00000338. The maximum absolute atomic E-state index is 11.8. The highest BCUT2D eigenvalue weighted by Gasteiger charge is 2.08. The summed E-state index contributed by atoms with van der Waals surface area (Å²) < 4.78 is 0. The zero-order valence-electron chi connectivity index (χ0n) is 14.9. The fourth-order valence-corrected chi connectivity index (χ4v) is 2.74. The van der Waals surface area contributed by atoms with Crippen LogP contribution in [0.4, 0.5) is 11.4 Å². The fraction of sp³-hybridized carbons (Fsp3) is 0.588. The molecule has 1 aromatic carbocycles. The van der Waals surface area contributed by atoms with Gasteiger partial charge in [0.2, 0.25) is 5.91 Å². The molecule has 26 heavy (non-hydrogen) atoms. The third-order valence-corrected chi connectivity index (χ3v) is 4.17. The molecule has 146 valence electrons. The van der Waals surface area contributed by atoms with Crippen molar-refractivity contribution < 1.29 is 9.72 Å². The highest BCUT2D eigenvalue weighted by atomic mass is 35.5. The van der Waals surface area contributed by atoms with Crippen LogP contribution < -0.4 is 16.0 Å². The molecule has 1 amide bonds. The lowest BCUT2D eigenvalue weighted by molar-refractivity contribution is -0.384. The monoisotopic (exact) mass is 385 g/mol. The van der Waals surface area contributed by atoms with Crippen LogP contribution in [0.15, 0.2) is 24.3 Å². The Bertz CT molecular complexity index is 550. The first kappa shape index (κ1) is 22.1. The molecule has 9 heteroatoms. The van der Waals surface area contributed by atoms with E-state index in [4.69, 9.17) is 0 Å². The maximum Gasteiger partial charge on any atom is 0.269 e. The van der Waals surface area contributed by atoms with Crippen molar-refractivity contribution in [2.24, 2.45) is 0 Å². The van der Waals surface area contributed by atoms with Gasteiger partial charge in [-0.05, 0) is 31.5 Å². The van der Waals surface area contributed by atoms with Crippen LogP contribution in [0.25, 0.3) is 0 Å². The van der Waals surface area contributed by atoms with Crippen molar-refractivity contribution in [1.29, 1.82) is 0 Å². The lowest BCUT2D eigenvalue weighted by Crippen LogP contribution is -2.44. The predicted octanol–water partition coefficient (Wildman–Crippen LogP) is 1.62. The molecule has 0 spiro atoms. The van der Waals surface area contributed by atoms with Gasteiger partial charge in [-0.2, -0.15) is 0 Å². The SMILES string of the molecule is Cl.O=C(CCCNc1ccc([N+](=O)[O-])cc1)NCCCN1CCNCC1. The summed E-state index contributed by atoms with van der Waals surface area (Å²) in [4.78, 5) is 24.4. The zero-order chi connectivity index (χ0) is 17.9. The molecule has 0 aliphatic carbocycles. The van der Waals surface area contributed by atoms with Crippen LogP contribution >= 0.6 is 12.4 Å². The van der Waals surface area contributed by atoms with Gasteiger partial charge < -0.3 is 20.9 Å². The number of carbonyl (C=O) groups is 1. The lowest BCUT2D eigenvalue weighted by Gasteiger charge is -2.27. The van der Waals surface area contributed by atoms with E-state index in [1.54, 1.807) is 12.1 Å². The molecule has 0 aromatic heterocycles. The van der Waals surface area contributed by atoms with Crippen molar-refractivity contribution in [2.45, 2.75) is 19.3 Å². The molecule has 0 bridgehead atoms. The molecule has 3 N–H and O–H groups in total. The van der Waals surface area contributed by atoms with Gasteiger partial charge in [-0.25, -0.2) is 0 Å². The quantitative estimate of drug-likeness (QED) is 0.321. The fourth-order valence-electron chi connectivity index (χ4n) is 2.74. The molecule has 1 heterocycles. The second-order valence-electron chi connectivity index (χ2n) is 6.13. The molecule has 1 aliphatic rings. The van der Waals surface area contributed by atoms with E-state index in [9.17, 15) is 14.9 Å². The molecule has 2 rings (SSSR count). The minimum atomic E-state index is -0.420. The first-order chi connectivity index (χ1) is 12.1. The van der Waals surface area contributed by atoms with Crippen LogP contribution in [-0.2, 0) is 4.79 Å². The van der Waals surface area contributed by atoms with E-state index in [-0.39, 0.29) is 24.0 Å². The number of non-ortho nitro benzene ring substituents is 1. The van der Waals surface area contributed by atoms with Gasteiger partial charge in [0, 0.05) is 63.5 Å². The number of halogens is 1. The highest BCUT2D eigenvalue weighted by Crippen LogP contribution is 2.15. The standard InChI is InChI=1S/C17H27N5O3.ClH/c23-17(20-9-2-12-21-13-10-18-11-14-21)3-1-8-19-15-4-6-16(7-5-15)22(24)25;/h4-7,18-19H,1-3,8-14H2,(H,20,23);1H. The summed E-state index contributed by atoms with van der Waals surface area (Å²) in [6.45, 7) is 6.68. The Kier molecular flexibility index (Phi) is 10.6. The molecule has 1 aliphatic heterocycles. The predicted molar refractivity (Wildman–Crippen MR) is 105 cm³/mol. The van der Waals surface area contributed by atoms with Crippen molar-refractivity contribution >= 4 is 29.7 Å². The summed E-state index contributed by atoms with van der Waals surface area (Å²) in [6, 6.07) is 6.28. The van der Waals surface area contributed by atoms with E-state index in [1.807, 2.05) is 0 Å². The molecule has 1 saturated heterocycles. The number of nitrogens with zero attached hydrogens (tertiary/aromatic N) is 2. The van der Waals surface area contributed by atoms with Crippen molar-refractivity contribution in [3.05, 3.63) is 34.4 Å². The topological polar surface area (TPSA) is 99.5 Å². The van der Waals surface area contributed by atoms with Crippen LogP contribution in [-0.4, -0.2) is 61.5 Å². The van der Waals surface area contributed by atoms with E-state index in [0.717, 1.165) is 57.8 Å². The second-order valence-corrected chi connectivity index (χ2v) is 6.13. The van der Waals surface area contributed by atoms with Gasteiger partial charge in [0.25, 0.3) is 5.69 Å². The highest BCUT2D eigenvalue weighted by molar-refractivity contribution is 5.85. The molecular formula is C17H28ClN5O3. The van der Waals surface area contributed by atoms with E-state index in [2.05, 4.69) is 20.9 Å². The van der Waals surface area contributed by atoms with Crippen molar-refractivity contribution in [3.63, 3.8) is 0 Å². The number of anilines is 1. The minimum Gasteiger partial charge on any atom is -0.385 e. The number of benzene rings is 1. The Hall–Kier alpha value is -1.90. The Morgan fingerprint density at radius 2 is 1.85 bits per heavy atom. The number of nitro benzene ring substituents is 1. The molecular weight excluding hydrogens is 358 g/mol. The number of nitro groups is 1. The van der Waals surface area contributed by atoms with Gasteiger partial charge in [-0.1, -0.05) is 0 Å². The van der Waals surface area contributed by atoms with Crippen molar-refractivity contribution in [1.82, 2.24) is 15.5 Å². The molecule has 1 aromatic rings. The summed E-state index contributed by atoms with van der Waals surface area (Å²) in [5.74, 6) is 0.0748. The number of rotatable bonds is 10. The summed E-state index contributed by atoms with van der Waals surface area (Å²) in [5, 5.41) is 20.0. The van der Waals surface area contributed by atoms with Gasteiger partial charge in [0.15, 0.2) is 0 Å². The van der Waals surface area contributed by atoms with Gasteiger partial charge in [-0.15, -0.1) is 12.4 Å². The van der Waals surface area contributed by atoms with Crippen LogP contribution in [0.1, 0.15) is 19.3 Å². The molecule has 0 unspecified atom stereocenters. The number of amides is 1. The number of hydrogen-bond acceptors (Lipinski definition) is 6. The second kappa shape index (κ2) is 12.5. The maximum atomic E-state index is 11.8. The van der Waals surface area contributed by atoms with E-state index in [1.165, 1.54) is 12.1 Å². The molecule has 0 radical (unpaired) electrons. The average molecular weight is 386 g/mol. The first-order valence-electron chi connectivity index (χ1n) is 8.83. The summed E-state index contributed by atoms with van der Waals surface area (Å²) >= 11 is 0. The third-order valence-electron chi connectivity index (χ3n) is 4.17. The zero-order valence-corrected chi connectivity index (χ0v) is 15.7. The number of nitrogens with one attached hydrogen (secondary N) is 3. The van der Waals surface area contributed by atoms with E-state index >= 15 is 0 Å². The lowest BCUT2D eigenvalue weighted by atomic mass is 10.2. The molecule has 0 atom stereocenters. The van der Waals surface area contributed by atoms with Crippen LogP contribution in [0, 0.1) is 10.1 Å². The van der Waals surface area contributed by atoms with Crippen LogP contribution in [0.5, 0.6) is 0 Å². The van der Waals surface area contributed by atoms with Crippen LogP contribution in [0.3, 0.4) is 0 Å². The average Bonchev–Trinajstić information content (AvgIpc) is 2.63. The van der Waals surface area contributed by atoms with Crippen molar-refractivity contribution in [2.75, 3.05) is 51.1 Å². The summed E-state index contributed by atoms with van der Waals surface area (Å²) in [6.07, 6.45) is 2.18. The molecule has 0 saturated carbocycles. The van der Waals surface area contributed by atoms with E-state index < -0.39 is 4.92 Å². The number of hydrogen-bond donors (Lipinski definition) is 3. The normalized spacial score (nSPS) is 14.3. The summed E-state index contributed by atoms with van der Waals surface area (Å²) in [5.41, 5.74) is 0.896. The molecule has 8 nitrogen and oxygen atoms in total. The Morgan fingerprint density at radius 3 is 2.50 bits per heavy atom. The van der Waals surface area contributed by atoms with Gasteiger partial charge in [0.05, 0.1) is 4.92 Å². The van der Waals surface area contributed by atoms with E-state index in [0.29, 0.717) is 13.0 Å². The smallest absolute Gasteiger partial charge is 0.269 e. The third kappa shape index (κ3) is 8.46. The largest absolute Gasteiger partial charge is 0.385 e. The van der Waals surface area contributed by atoms with Crippen LogP contribution in [0.2, 0.25) is 0 Å².